The maximum atomic E-state index is 13.5. The van der Waals surface area contributed by atoms with E-state index in [0.717, 1.165) is 16.9 Å². The van der Waals surface area contributed by atoms with Crippen LogP contribution in [0.2, 0.25) is 0 Å². The van der Waals surface area contributed by atoms with Gasteiger partial charge in [0, 0.05) is 12.5 Å². The fourth-order valence-electron chi connectivity index (χ4n) is 1.50. The van der Waals surface area contributed by atoms with Crippen LogP contribution in [0.3, 0.4) is 0 Å². The van der Waals surface area contributed by atoms with Crippen LogP contribution in [0.4, 0.5) is 4.39 Å². The van der Waals surface area contributed by atoms with Crippen molar-refractivity contribution in [1.29, 1.82) is 0 Å². The van der Waals surface area contributed by atoms with Gasteiger partial charge in [0.15, 0.2) is 5.78 Å². The number of hydrogen-bond acceptors (Lipinski definition) is 4. The van der Waals surface area contributed by atoms with Gasteiger partial charge in [0.2, 0.25) is 0 Å². The van der Waals surface area contributed by atoms with E-state index in [2.05, 4.69) is 10.2 Å². The van der Waals surface area contributed by atoms with Gasteiger partial charge in [-0.05, 0) is 12.1 Å². The molecule has 0 aliphatic heterocycles. The molecule has 0 aliphatic rings. The molecule has 19 heavy (non-hydrogen) atoms. The van der Waals surface area contributed by atoms with E-state index in [4.69, 9.17) is 5.11 Å². The van der Waals surface area contributed by atoms with Crippen LogP contribution in [-0.2, 0) is 0 Å². The van der Waals surface area contributed by atoms with Crippen LogP contribution in [0, 0.1) is 5.82 Å². The monoisotopic (exact) mass is 263 g/mol. The molecular formula is C12H10FN3O3. The smallest absolute Gasteiger partial charge is 0.338 e. The third-order valence-electron chi connectivity index (χ3n) is 2.51. The second-order valence-electron chi connectivity index (χ2n) is 3.77. The van der Waals surface area contributed by atoms with Crippen molar-refractivity contribution in [2.24, 2.45) is 0 Å². The molecule has 0 fully saturated rings. The summed E-state index contributed by atoms with van der Waals surface area (Å²) < 4.78 is 13.5. The highest BCUT2D eigenvalue weighted by Gasteiger charge is 2.13. The SMILES string of the molecule is CCC(=O)c1cnn(-c2ccc(C(=O)O)c(F)c2)n1. The Bertz CT molecular complexity index is 651. The first-order chi connectivity index (χ1) is 9.02. The summed E-state index contributed by atoms with van der Waals surface area (Å²) in [5.74, 6) is -2.40. The van der Waals surface area contributed by atoms with E-state index in [9.17, 15) is 14.0 Å². The van der Waals surface area contributed by atoms with Crippen LogP contribution in [0.1, 0.15) is 34.2 Å². The van der Waals surface area contributed by atoms with E-state index in [1.54, 1.807) is 6.92 Å². The number of rotatable bonds is 4. The molecule has 0 unspecified atom stereocenters. The first kappa shape index (κ1) is 12.9. The van der Waals surface area contributed by atoms with Crippen molar-refractivity contribution < 1.29 is 19.1 Å². The van der Waals surface area contributed by atoms with Crippen LogP contribution < -0.4 is 0 Å². The molecule has 2 rings (SSSR count). The third kappa shape index (κ3) is 2.49. The fourth-order valence-corrected chi connectivity index (χ4v) is 1.50. The average molecular weight is 263 g/mol. The van der Waals surface area contributed by atoms with E-state index < -0.39 is 17.3 Å². The first-order valence-electron chi connectivity index (χ1n) is 5.51. The second kappa shape index (κ2) is 4.97. The van der Waals surface area contributed by atoms with Crippen molar-refractivity contribution in [2.75, 3.05) is 0 Å². The number of aromatic carboxylic acids is 1. The normalized spacial score (nSPS) is 10.4. The number of Topliss-reactive ketones (excluding diaryl/α,β-unsaturated/α-hetero) is 1. The number of hydrogen-bond donors (Lipinski definition) is 1. The number of carboxylic acids is 1. The number of ketones is 1. The topological polar surface area (TPSA) is 85.1 Å². The summed E-state index contributed by atoms with van der Waals surface area (Å²) in [7, 11) is 0. The molecular weight excluding hydrogens is 253 g/mol. The Hall–Kier alpha value is -2.57. The van der Waals surface area contributed by atoms with Gasteiger partial charge in [0.05, 0.1) is 17.4 Å². The lowest BCUT2D eigenvalue weighted by molar-refractivity contribution is 0.0691. The molecule has 0 atom stereocenters. The number of benzene rings is 1. The molecule has 0 spiro atoms. The van der Waals surface area contributed by atoms with Gasteiger partial charge >= 0.3 is 5.97 Å². The number of aromatic nitrogens is 3. The standard InChI is InChI=1S/C12H10FN3O3/c1-2-11(17)10-6-14-16(15-10)7-3-4-8(12(18)19)9(13)5-7/h3-6H,2H2,1H3,(H,18,19). The number of carbonyl (C=O) groups is 2. The molecule has 1 heterocycles. The zero-order chi connectivity index (χ0) is 14.0. The number of carboxylic acid groups (broad SMARTS) is 1. The maximum Gasteiger partial charge on any atom is 0.338 e. The summed E-state index contributed by atoms with van der Waals surface area (Å²) in [6.45, 7) is 1.70. The lowest BCUT2D eigenvalue weighted by Crippen LogP contribution is -2.05. The maximum absolute atomic E-state index is 13.5. The highest BCUT2D eigenvalue weighted by atomic mass is 19.1. The van der Waals surface area contributed by atoms with E-state index in [0.29, 0.717) is 6.42 Å². The zero-order valence-electron chi connectivity index (χ0n) is 10.00. The Morgan fingerprint density at radius 2 is 2.16 bits per heavy atom. The summed E-state index contributed by atoms with van der Waals surface area (Å²) in [5, 5.41) is 16.5. The minimum absolute atomic E-state index is 0.172. The molecule has 2 aromatic rings. The van der Waals surface area contributed by atoms with Crippen LogP contribution in [-0.4, -0.2) is 31.9 Å². The number of halogens is 1. The number of carbonyl (C=O) groups excluding carboxylic acids is 1. The largest absolute Gasteiger partial charge is 0.478 e. The second-order valence-corrected chi connectivity index (χ2v) is 3.77. The highest BCUT2D eigenvalue weighted by Crippen LogP contribution is 2.13. The predicted octanol–water partition coefficient (Wildman–Crippen LogP) is 1.70. The zero-order valence-corrected chi connectivity index (χ0v) is 10.00. The molecule has 0 amide bonds. The molecule has 98 valence electrons. The van der Waals surface area contributed by atoms with Gasteiger partial charge < -0.3 is 5.11 Å². The summed E-state index contributed by atoms with van der Waals surface area (Å²) in [5.41, 5.74) is 0.00337. The average Bonchev–Trinajstić information content (AvgIpc) is 2.86. The Morgan fingerprint density at radius 1 is 1.42 bits per heavy atom. The van der Waals surface area contributed by atoms with Crippen molar-refractivity contribution in [3.63, 3.8) is 0 Å². The van der Waals surface area contributed by atoms with Crippen LogP contribution in [0.15, 0.2) is 24.4 Å². The molecule has 1 N–H and O–H groups in total. The van der Waals surface area contributed by atoms with Crippen molar-refractivity contribution in [3.8, 4) is 5.69 Å². The van der Waals surface area contributed by atoms with Gasteiger partial charge in [0.25, 0.3) is 0 Å². The minimum atomic E-state index is -1.35. The van der Waals surface area contributed by atoms with Gasteiger partial charge in [-0.2, -0.15) is 9.90 Å². The van der Waals surface area contributed by atoms with Crippen molar-refractivity contribution in [3.05, 3.63) is 41.5 Å². The van der Waals surface area contributed by atoms with Crippen molar-refractivity contribution in [1.82, 2.24) is 15.0 Å². The summed E-state index contributed by atoms with van der Waals surface area (Å²) in [6, 6.07) is 3.49. The lowest BCUT2D eigenvalue weighted by atomic mass is 10.2. The van der Waals surface area contributed by atoms with Crippen LogP contribution >= 0.6 is 0 Å². The molecule has 0 saturated heterocycles. The van der Waals surface area contributed by atoms with Gasteiger partial charge in [-0.25, -0.2) is 9.18 Å². The lowest BCUT2D eigenvalue weighted by Gasteiger charge is -2.01. The summed E-state index contributed by atoms with van der Waals surface area (Å²) >= 11 is 0. The highest BCUT2D eigenvalue weighted by molar-refractivity contribution is 5.93. The van der Waals surface area contributed by atoms with Crippen molar-refractivity contribution >= 4 is 11.8 Å². The third-order valence-corrected chi connectivity index (χ3v) is 2.51. The van der Waals surface area contributed by atoms with Crippen LogP contribution in [0.5, 0.6) is 0 Å². The van der Waals surface area contributed by atoms with Gasteiger partial charge in [-0.15, -0.1) is 5.10 Å². The molecule has 7 heteroatoms. The Balaban J connectivity index is 2.37. The first-order valence-corrected chi connectivity index (χ1v) is 5.51. The number of nitrogens with zero attached hydrogens (tertiary/aromatic N) is 3. The molecule has 1 aromatic carbocycles. The van der Waals surface area contributed by atoms with Crippen LogP contribution in [0.25, 0.3) is 5.69 Å². The van der Waals surface area contributed by atoms with Gasteiger partial charge in [-0.1, -0.05) is 6.92 Å². The van der Waals surface area contributed by atoms with E-state index >= 15 is 0 Å². The van der Waals surface area contributed by atoms with Crippen molar-refractivity contribution in [2.45, 2.75) is 13.3 Å². The molecule has 6 nitrogen and oxygen atoms in total. The Labute approximate surface area is 107 Å². The minimum Gasteiger partial charge on any atom is -0.478 e. The van der Waals surface area contributed by atoms with E-state index in [1.807, 2.05) is 0 Å². The summed E-state index contributed by atoms with van der Waals surface area (Å²) in [6.07, 6.45) is 1.58. The molecule has 0 saturated carbocycles. The fraction of sp³-hybridized carbons (Fsp3) is 0.167. The molecule has 0 aliphatic carbocycles. The van der Waals surface area contributed by atoms with E-state index in [-0.39, 0.29) is 17.2 Å². The quantitative estimate of drug-likeness (QED) is 0.848. The molecule has 0 bridgehead atoms. The molecule has 0 radical (unpaired) electrons. The van der Waals surface area contributed by atoms with Gasteiger partial charge in [-0.3, -0.25) is 4.79 Å². The summed E-state index contributed by atoms with van der Waals surface area (Å²) in [4.78, 5) is 23.2. The van der Waals surface area contributed by atoms with Gasteiger partial charge in [0.1, 0.15) is 11.5 Å². The Morgan fingerprint density at radius 3 is 2.74 bits per heavy atom. The van der Waals surface area contributed by atoms with E-state index in [1.165, 1.54) is 12.3 Å². The Kier molecular flexibility index (Phi) is 3.37. The molecule has 1 aromatic heterocycles. The predicted molar refractivity (Wildman–Crippen MR) is 62.9 cm³/mol.